The molecule has 1 aromatic heterocycles. The maximum absolute atomic E-state index is 8.43. The van der Waals surface area contributed by atoms with Crippen LogP contribution in [0.4, 0.5) is 0 Å². The van der Waals surface area contributed by atoms with Gasteiger partial charge < -0.3 is 9.84 Å². The van der Waals surface area contributed by atoms with Crippen LogP contribution in [0.25, 0.3) is 0 Å². The smallest absolute Gasteiger partial charge is 0.0698 e. The number of ether oxygens (including phenoxy) is 1. The molecule has 4 heteroatoms. The van der Waals surface area contributed by atoms with Crippen molar-refractivity contribution in [3.8, 4) is 12.3 Å². The maximum Gasteiger partial charge on any atom is 0.0698 e. The van der Waals surface area contributed by atoms with Gasteiger partial charge in [0.05, 0.1) is 38.1 Å². The molecule has 4 nitrogen and oxygen atoms in total. The van der Waals surface area contributed by atoms with Gasteiger partial charge in [-0.05, 0) is 0 Å². The number of aliphatic hydroxyl groups is 1. The second-order valence-corrected chi connectivity index (χ2v) is 2.47. The summed E-state index contributed by atoms with van der Waals surface area (Å²) >= 11 is 0. The van der Waals surface area contributed by atoms with Gasteiger partial charge in [-0.15, -0.1) is 6.42 Å². The molecular weight excluding hydrogens is 168 g/mol. The number of nitrogens with zero attached hydrogens (tertiary/aromatic N) is 2. The van der Waals surface area contributed by atoms with Crippen molar-refractivity contribution in [1.29, 1.82) is 0 Å². The Balaban J connectivity index is 2.25. The third kappa shape index (κ3) is 3.28. The molecule has 70 valence electrons. The van der Waals surface area contributed by atoms with Gasteiger partial charge in [0.2, 0.25) is 0 Å². The summed E-state index contributed by atoms with van der Waals surface area (Å²) in [6.45, 7) is 1.60. The lowest BCUT2D eigenvalue weighted by molar-refractivity contribution is 0.0854. The van der Waals surface area contributed by atoms with E-state index in [1.807, 2.05) is 0 Å². The predicted octanol–water partition coefficient (Wildman–Crippen LogP) is -0.127. The van der Waals surface area contributed by atoms with E-state index in [2.05, 4.69) is 11.0 Å². The highest BCUT2D eigenvalue weighted by Gasteiger charge is 1.94. The Labute approximate surface area is 77.1 Å². The molecule has 1 heterocycles. The first kappa shape index (κ1) is 9.78. The Bertz CT molecular complexity index is 288. The lowest BCUT2D eigenvalue weighted by Gasteiger charge is -2.01. The third-order valence-electron chi connectivity index (χ3n) is 1.50. The Morgan fingerprint density at radius 3 is 3.08 bits per heavy atom. The van der Waals surface area contributed by atoms with Crippen molar-refractivity contribution < 1.29 is 9.84 Å². The van der Waals surface area contributed by atoms with Crippen LogP contribution in [-0.4, -0.2) is 34.7 Å². The fourth-order valence-corrected chi connectivity index (χ4v) is 0.885. The standard InChI is InChI=1S/C9H12N2O2/c1-2-9-7-10-11(8-9)3-5-13-6-4-12/h1,7-8,12H,3-6H2. The lowest BCUT2D eigenvalue weighted by Crippen LogP contribution is -2.08. The van der Waals surface area contributed by atoms with Gasteiger partial charge in [-0.3, -0.25) is 4.68 Å². The SMILES string of the molecule is C#Cc1cnn(CCOCCO)c1. The fraction of sp³-hybridized carbons (Fsp3) is 0.444. The van der Waals surface area contributed by atoms with Crippen LogP contribution in [0.3, 0.4) is 0 Å². The molecule has 0 aliphatic rings. The Morgan fingerprint density at radius 1 is 1.62 bits per heavy atom. The monoisotopic (exact) mass is 180 g/mol. The molecule has 0 aliphatic carbocycles. The molecule has 0 amide bonds. The van der Waals surface area contributed by atoms with Crippen LogP contribution in [0.5, 0.6) is 0 Å². The summed E-state index contributed by atoms with van der Waals surface area (Å²) in [6.07, 6.45) is 8.58. The molecule has 0 spiro atoms. The molecular formula is C9H12N2O2. The summed E-state index contributed by atoms with van der Waals surface area (Å²) in [4.78, 5) is 0. The maximum atomic E-state index is 8.43. The minimum Gasteiger partial charge on any atom is -0.394 e. The first-order valence-corrected chi connectivity index (χ1v) is 4.04. The van der Waals surface area contributed by atoms with Gasteiger partial charge in [0.1, 0.15) is 0 Å². The summed E-state index contributed by atoms with van der Waals surface area (Å²) in [5.74, 6) is 2.48. The molecule has 13 heavy (non-hydrogen) atoms. The number of hydrogen-bond acceptors (Lipinski definition) is 3. The zero-order valence-corrected chi connectivity index (χ0v) is 7.31. The normalized spacial score (nSPS) is 9.85. The van der Waals surface area contributed by atoms with Gasteiger partial charge in [0.25, 0.3) is 0 Å². The average Bonchev–Trinajstić information content (AvgIpc) is 2.60. The van der Waals surface area contributed by atoms with Crippen molar-refractivity contribution in [1.82, 2.24) is 9.78 Å². The van der Waals surface area contributed by atoms with E-state index < -0.39 is 0 Å². The van der Waals surface area contributed by atoms with E-state index in [0.717, 1.165) is 5.56 Å². The van der Waals surface area contributed by atoms with Crippen LogP contribution in [0, 0.1) is 12.3 Å². The molecule has 1 N–H and O–H groups in total. The van der Waals surface area contributed by atoms with Crippen LogP contribution < -0.4 is 0 Å². The van der Waals surface area contributed by atoms with Crippen LogP contribution in [0.1, 0.15) is 5.56 Å². The Kier molecular flexibility index (Phi) is 4.03. The van der Waals surface area contributed by atoms with E-state index in [1.165, 1.54) is 0 Å². The lowest BCUT2D eigenvalue weighted by atomic mass is 10.4. The topological polar surface area (TPSA) is 47.3 Å². The first-order valence-electron chi connectivity index (χ1n) is 4.04. The molecule has 0 radical (unpaired) electrons. The molecule has 0 aromatic carbocycles. The zero-order chi connectivity index (χ0) is 9.52. The van der Waals surface area contributed by atoms with Crippen LogP contribution in [-0.2, 0) is 11.3 Å². The highest BCUT2D eigenvalue weighted by atomic mass is 16.5. The summed E-state index contributed by atoms with van der Waals surface area (Å²) in [5.41, 5.74) is 0.766. The summed E-state index contributed by atoms with van der Waals surface area (Å²) in [5, 5.41) is 12.4. The highest BCUT2D eigenvalue weighted by molar-refractivity contribution is 5.25. The molecule has 1 rings (SSSR count). The van der Waals surface area contributed by atoms with Gasteiger partial charge in [-0.25, -0.2) is 0 Å². The van der Waals surface area contributed by atoms with Crippen molar-refractivity contribution in [3.63, 3.8) is 0 Å². The molecule has 0 atom stereocenters. The number of rotatable bonds is 5. The number of aliphatic hydroxyl groups excluding tert-OH is 1. The second kappa shape index (κ2) is 5.36. The predicted molar refractivity (Wildman–Crippen MR) is 48.1 cm³/mol. The Morgan fingerprint density at radius 2 is 2.46 bits per heavy atom. The second-order valence-electron chi connectivity index (χ2n) is 2.47. The van der Waals surface area contributed by atoms with E-state index >= 15 is 0 Å². The van der Waals surface area contributed by atoms with Crippen LogP contribution in [0.2, 0.25) is 0 Å². The highest BCUT2D eigenvalue weighted by Crippen LogP contribution is 1.94. The molecule has 0 aliphatic heterocycles. The number of aromatic nitrogens is 2. The van der Waals surface area contributed by atoms with Gasteiger partial charge in [-0.2, -0.15) is 5.10 Å². The largest absolute Gasteiger partial charge is 0.394 e. The van der Waals surface area contributed by atoms with E-state index in [9.17, 15) is 0 Å². The minimum atomic E-state index is 0.0503. The van der Waals surface area contributed by atoms with Gasteiger partial charge in [-0.1, -0.05) is 5.92 Å². The summed E-state index contributed by atoms with van der Waals surface area (Å²) < 4.78 is 6.78. The number of terminal acetylenes is 1. The van der Waals surface area contributed by atoms with E-state index in [1.54, 1.807) is 17.1 Å². The molecule has 0 saturated carbocycles. The quantitative estimate of drug-likeness (QED) is 0.507. The molecule has 0 unspecified atom stereocenters. The average molecular weight is 180 g/mol. The van der Waals surface area contributed by atoms with Crippen LogP contribution >= 0.6 is 0 Å². The summed E-state index contributed by atoms with van der Waals surface area (Å²) in [7, 11) is 0. The minimum absolute atomic E-state index is 0.0503. The third-order valence-corrected chi connectivity index (χ3v) is 1.50. The molecule has 0 bridgehead atoms. The molecule has 0 saturated heterocycles. The fourth-order valence-electron chi connectivity index (χ4n) is 0.885. The van der Waals surface area contributed by atoms with Crippen molar-refractivity contribution in [2.24, 2.45) is 0 Å². The van der Waals surface area contributed by atoms with Crippen molar-refractivity contribution in [2.75, 3.05) is 19.8 Å². The summed E-state index contributed by atoms with van der Waals surface area (Å²) in [6, 6.07) is 0. The zero-order valence-electron chi connectivity index (χ0n) is 7.31. The van der Waals surface area contributed by atoms with Gasteiger partial charge in [0, 0.05) is 6.20 Å². The van der Waals surface area contributed by atoms with E-state index in [-0.39, 0.29) is 6.61 Å². The van der Waals surface area contributed by atoms with E-state index in [4.69, 9.17) is 16.3 Å². The van der Waals surface area contributed by atoms with Gasteiger partial charge >= 0.3 is 0 Å². The Hall–Kier alpha value is -1.31. The van der Waals surface area contributed by atoms with Crippen molar-refractivity contribution in [3.05, 3.63) is 18.0 Å². The van der Waals surface area contributed by atoms with E-state index in [0.29, 0.717) is 19.8 Å². The van der Waals surface area contributed by atoms with Crippen molar-refractivity contribution >= 4 is 0 Å². The first-order chi connectivity index (χ1) is 6.36. The molecule has 0 fully saturated rings. The van der Waals surface area contributed by atoms with Crippen molar-refractivity contribution in [2.45, 2.75) is 6.54 Å². The van der Waals surface area contributed by atoms with Gasteiger partial charge in [0.15, 0.2) is 0 Å². The molecule has 1 aromatic rings. The van der Waals surface area contributed by atoms with Crippen LogP contribution in [0.15, 0.2) is 12.4 Å². The number of hydrogen-bond donors (Lipinski definition) is 1.